The average Bonchev–Trinajstić information content (AvgIpc) is 1.35. The van der Waals surface area contributed by atoms with Gasteiger partial charge in [-0.2, -0.15) is 0 Å². The predicted octanol–water partition coefficient (Wildman–Crippen LogP) is 0.852. The molecule has 0 rings (SSSR count). The Balaban J connectivity index is 3.14. The van der Waals surface area contributed by atoms with E-state index in [4.69, 9.17) is 5.11 Å². The zero-order chi connectivity index (χ0) is 4.99. The Kier molecular flexibility index (Phi) is 2.67. The third-order valence-corrected chi connectivity index (χ3v) is 0.373. The van der Waals surface area contributed by atoms with Crippen LogP contribution >= 0.6 is 0 Å². The molecule has 0 aromatic heterocycles. The minimum Gasteiger partial charge on any atom is -0.392 e. The van der Waals surface area contributed by atoms with Crippen LogP contribution in [0, 0.1) is 0 Å². The number of hydrogen-bond acceptors (Lipinski definition) is 1. The van der Waals surface area contributed by atoms with Gasteiger partial charge >= 0.3 is 0 Å². The van der Waals surface area contributed by atoms with Crippen LogP contribution in [0.15, 0.2) is 11.9 Å². The molecule has 0 saturated heterocycles. The molecule has 0 spiro atoms. The summed E-state index contributed by atoms with van der Waals surface area (Å²) in [5.41, 5.74) is 0. The number of aliphatic hydroxyl groups is 1. The third kappa shape index (κ3) is 3.63. The maximum atomic E-state index is 11.4. The van der Waals surface area contributed by atoms with E-state index in [9.17, 15) is 4.39 Å². The first-order chi connectivity index (χ1) is 2.77. The minimum atomic E-state index is -0.336. The Hall–Kier alpha value is -0.370. The molecule has 0 aliphatic heterocycles. The summed E-state index contributed by atoms with van der Waals surface area (Å²) in [4.78, 5) is 0. The summed E-state index contributed by atoms with van der Waals surface area (Å²) in [6, 6.07) is 0. The van der Waals surface area contributed by atoms with Crippen LogP contribution in [0.1, 0.15) is 6.92 Å². The normalized spacial score (nSPS) is 12.2. The van der Waals surface area contributed by atoms with Gasteiger partial charge in [-0.3, -0.25) is 0 Å². The molecule has 0 radical (unpaired) electrons. The highest BCUT2D eigenvalue weighted by atomic mass is 19.1. The Bertz CT molecular complexity index is 54.6. The highest BCUT2D eigenvalue weighted by Gasteiger charge is 1.73. The lowest BCUT2D eigenvalue weighted by molar-refractivity contribution is 0.339. The lowest BCUT2D eigenvalue weighted by Crippen LogP contribution is -1.70. The monoisotopic (exact) mass is 90.0 g/mol. The van der Waals surface area contributed by atoms with Crippen molar-refractivity contribution in [3.05, 3.63) is 11.9 Å². The molecule has 0 heterocycles. The van der Waals surface area contributed by atoms with Gasteiger partial charge in [0.1, 0.15) is 0 Å². The molecule has 0 aliphatic carbocycles. The second kappa shape index (κ2) is 2.85. The van der Waals surface area contributed by atoms with Crippen molar-refractivity contribution in [2.24, 2.45) is 0 Å². The molecule has 0 atom stereocenters. The van der Waals surface area contributed by atoms with Crippen LogP contribution in [0.2, 0.25) is 0 Å². The second-order valence-corrected chi connectivity index (χ2v) is 0.973. The van der Waals surface area contributed by atoms with E-state index in [1.807, 2.05) is 0 Å². The van der Waals surface area contributed by atoms with Crippen molar-refractivity contribution < 1.29 is 9.50 Å². The highest BCUT2D eigenvalue weighted by molar-refractivity contribution is 4.84. The predicted molar refractivity (Wildman–Crippen MR) is 22.0 cm³/mol. The molecule has 0 fully saturated rings. The fraction of sp³-hybridized carbons (Fsp3) is 0.500. The zero-order valence-electron chi connectivity index (χ0n) is 3.61. The number of halogens is 1. The first-order valence-electron chi connectivity index (χ1n) is 1.70. The van der Waals surface area contributed by atoms with E-state index < -0.39 is 0 Å². The Morgan fingerprint density at radius 2 is 2.50 bits per heavy atom. The van der Waals surface area contributed by atoms with Gasteiger partial charge in [0.05, 0.1) is 12.4 Å². The first kappa shape index (κ1) is 5.63. The molecule has 0 amide bonds. The van der Waals surface area contributed by atoms with E-state index in [1.165, 1.54) is 6.92 Å². The maximum Gasteiger partial charge on any atom is 0.0951 e. The molecule has 0 unspecified atom stereocenters. The van der Waals surface area contributed by atoms with E-state index in [-0.39, 0.29) is 12.4 Å². The van der Waals surface area contributed by atoms with Gasteiger partial charge < -0.3 is 5.11 Å². The standard InChI is InChI=1S/C4H7FO/c1-4(5)2-3-6/h2,6H,3H2,1H3/b4-2-. The molecule has 0 aromatic carbocycles. The van der Waals surface area contributed by atoms with Crippen LogP contribution in [0.5, 0.6) is 0 Å². The lowest BCUT2D eigenvalue weighted by Gasteiger charge is -1.75. The summed E-state index contributed by atoms with van der Waals surface area (Å²) >= 11 is 0. The summed E-state index contributed by atoms with van der Waals surface area (Å²) in [5, 5.41) is 7.92. The van der Waals surface area contributed by atoms with Crippen molar-refractivity contribution in [3.63, 3.8) is 0 Å². The molecule has 1 N–H and O–H groups in total. The van der Waals surface area contributed by atoms with Gasteiger partial charge in [0.25, 0.3) is 0 Å². The molecule has 1 nitrogen and oxygen atoms in total. The highest BCUT2D eigenvalue weighted by Crippen LogP contribution is 1.88. The van der Waals surface area contributed by atoms with Gasteiger partial charge in [-0.15, -0.1) is 0 Å². The molecular formula is C4H7FO. The lowest BCUT2D eigenvalue weighted by atomic mass is 10.5. The van der Waals surface area contributed by atoms with E-state index >= 15 is 0 Å². The van der Waals surface area contributed by atoms with Crippen LogP contribution in [0.25, 0.3) is 0 Å². The van der Waals surface area contributed by atoms with Crippen LogP contribution in [0.3, 0.4) is 0 Å². The van der Waals surface area contributed by atoms with Crippen molar-refractivity contribution in [2.75, 3.05) is 6.61 Å². The van der Waals surface area contributed by atoms with Crippen molar-refractivity contribution >= 4 is 0 Å². The van der Waals surface area contributed by atoms with Gasteiger partial charge in [-0.1, -0.05) is 0 Å². The number of allylic oxidation sites excluding steroid dienone is 1. The van der Waals surface area contributed by atoms with Crippen molar-refractivity contribution in [1.29, 1.82) is 0 Å². The molecule has 0 bridgehead atoms. The Labute approximate surface area is 36.1 Å². The summed E-state index contributed by atoms with van der Waals surface area (Å²) in [6.45, 7) is 1.08. The molecule has 0 aromatic rings. The van der Waals surface area contributed by atoms with Crippen molar-refractivity contribution in [1.82, 2.24) is 0 Å². The molecule has 2 heteroatoms. The molecular weight excluding hydrogens is 83.0 g/mol. The molecule has 36 valence electrons. The largest absolute Gasteiger partial charge is 0.392 e. The minimum absolute atomic E-state index is 0.206. The Morgan fingerprint density at radius 3 is 2.50 bits per heavy atom. The topological polar surface area (TPSA) is 20.2 Å². The SMILES string of the molecule is C/C(F)=C/CO. The summed E-state index contributed by atoms with van der Waals surface area (Å²) in [7, 11) is 0. The average molecular weight is 90.1 g/mol. The van der Waals surface area contributed by atoms with Gasteiger partial charge in [0, 0.05) is 0 Å². The quantitative estimate of drug-likeness (QED) is 0.506. The summed E-state index contributed by atoms with van der Waals surface area (Å²) in [5.74, 6) is -0.336. The fourth-order valence-corrected chi connectivity index (χ4v) is 0.126. The van der Waals surface area contributed by atoms with Crippen molar-refractivity contribution in [3.8, 4) is 0 Å². The van der Waals surface area contributed by atoms with E-state index in [2.05, 4.69) is 0 Å². The van der Waals surface area contributed by atoms with Gasteiger partial charge in [0.15, 0.2) is 0 Å². The fourth-order valence-electron chi connectivity index (χ4n) is 0.126. The first-order valence-corrected chi connectivity index (χ1v) is 1.70. The van der Waals surface area contributed by atoms with Crippen molar-refractivity contribution in [2.45, 2.75) is 6.92 Å². The van der Waals surface area contributed by atoms with Gasteiger partial charge in [-0.05, 0) is 13.0 Å². The van der Waals surface area contributed by atoms with E-state index in [0.717, 1.165) is 6.08 Å². The van der Waals surface area contributed by atoms with Crippen LogP contribution in [-0.4, -0.2) is 11.7 Å². The molecule has 6 heavy (non-hydrogen) atoms. The summed E-state index contributed by atoms with van der Waals surface area (Å²) in [6.07, 6.45) is 1.10. The number of hydrogen-bond donors (Lipinski definition) is 1. The molecule has 0 aliphatic rings. The van der Waals surface area contributed by atoms with Crippen LogP contribution in [0.4, 0.5) is 4.39 Å². The zero-order valence-corrected chi connectivity index (χ0v) is 3.61. The van der Waals surface area contributed by atoms with Crippen LogP contribution in [-0.2, 0) is 0 Å². The number of rotatable bonds is 1. The van der Waals surface area contributed by atoms with Gasteiger partial charge in [0.2, 0.25) is 0 Å². The van der Waals surface area contributed by atoms with E-state index in [1.54, 1.807) is 0 Å². The third-order valence-electron chi connectivity index (χ3n) is 0.373. The second-order valence-electron chi connectivity index (χ2n) is 0.973. The van der Waals surface area contributed by atoms with Gasteiger partial charge in [-0.25, -0.2) is 4.39 Å². The van der Waals surface area contributed by atoms with E-state index in [0.29, 0.717) is 0 Å². The summed E-state index contributed by atoms with van der Waals surface area (Å²) < 4.78 is 11.4. The van der Waals surface area contributed by atoms with Crippen LogP contribution < -0.4 is 0 Å². The smallest absolute Gasteiger partial charge is 0.0951 e. The Morgan fingerprint density at radius 1 is 2.00 bits per heavy atom. The number of aliphatic hydroxyl groups excluding tert-OH is 1. The molecule has 0 saturated carbocycles. The maximum absolute atomic E-state index is 11.4.